The van der Waals surface area contributed by atoms with Crippen molar-refractivity contribution in [3.63, 3.8) is 0 Å². The number of hydrogen-bond donors (Lipinski definition) is 2. The third kappa shape index (κ3) is 4.86. The van der Waals surface area contributed by atoms with Crippen LogP contribution in [0.1, 0.15) is 5.82 Å². The zero-order chi connectivity index (χ0) is 11.3. The van der Waals surface area contributed by atoms with Crippen LogP contribution in [-0.2, 0) is 23.6 Å². The van der Waals surface area contributed by atoms with E-state index in [4.69, 9.17) is 0 Å². The van der Waals surface area contributed by atoms with Gasteiger partial charge in [-0.3, -0.25) is 0 Å². The predicted molar refractivity (Wildman–Crippen MR) is 55.6 cm³/mol. The largest absolute Gasteiger partial charge is 0.320 e. The highest BCUT2D eigenvalue weighted by molar-refractivity contribution is 7.88. The van der Waals surface area contributed by atoms with E-state index in [2.05, 4.69) is 20.2 Å². The van der Waals surface area contributed by atoms with Crippen LogP contribution in [-0.4, -0.2) is 42.5 Å². The van der Waals surface area contributed by atoms with Crippen molar-refractivity contribution >= 4 is 10.0 Å². The molecule has 0 amide bonds. The molecule has 0 aromatic carbocycles. The summed E-state index contributed by atoms with van der Waals surface area (Å²) in [6.45, 7) is 1.50. The molecule has 2 N–H and O–H groups in total. The summed E-state index contributed by atoms with van der Waals surface area (Å²) in [5, 5.41) is 10.6. The highest BCUT2D eigenvalue weighted by Crippen LogP contribution is 1.88. The molecule has 1 aromatic rings. The van der Waals surface area contributed by atoms with E-state index in [0.29, 0.717) is 19.6 Å². The highest BCUT2D eigenvalue weighted by Gasteiger charge is 2.00. The van der Waals surface area contributed by atoms with Crippen LogP contribution in [0.2, 0.25) is 0 Å². The quantitative estimate of drug-likeness (QED) is 0.581. The zero-order valence-corrected chi connectivity index (χ0v) is 9.58. The molecule has 8 heteroatoms. The number of aromatic nitrogens is 3. The van der Waals surface area contributed by atoms with E-state index in [9.17, 15) is 8.42 Å². The molecule has 0 radical (unpaired) electrons. The van der Waals surface area contributed by atoms with Gasteiger partial charge in [-0.2, -0.15) is 0 Å². The molecule has 0 saturated carbocycles. The Morgan fingerprint density at radius 3 is 2.73 bits per heavy atom. The SMILES string of the molecule is Cn1cnnc1CNCCNS(C)(=O)=O. The van der Waals surface area contributed by atoms with Gasteiger partial charge in [0.25, 0.3) is 0 Å². The Morgan fingerprint density at radius 1 is 1.47 bits per heavy atom. The van der Waals surface area contributed by atoms with E-state index in [1.54, 1.807) is 10.9 Å². The van der Waals surface area contributed by atoms with Crippen LogP contribution < -0.4 is 10.0 Å². The topological polar surface area (TPSA) is 88.9 Å². The Hall–Kier alpha value is -0.990. The normalized spacial score (nSPS) is 11.9. The van der Waals surface area contributed by atoms with Gasteiger partial charge in [0.15, 0.2) is 0 Å². The van der Waals surface area contributed by atoms with Gasteiger partial charge in [0, 0.05) is 20.1 Å². The summed E-state index contributed by atoms with van der Waals surface area (Å²) in [6, 6.07) is 0. The van der Waals surface area contributed by atoms with Gasteiger partial charge in [0.05, 0.1) is 12.8 Å². The summed E-state index contributed by atoms with van der Waals surface area (Å²) in [7, 11) is -1.24. The third-order valence-electron chi connectivity index (χ3n) is 1.75. The zero-order valence-electron chi connectivity index (χ0n) is 8.77. The van der Waals surface area contributed by atoms with Gasteiger partial charge in [-0.15, -0.1) is 10.2 Å². The van der Waals surface area contributed by atoms with Crippen molar-refractivity contribution in [2.75, 3.05) is 19.3 Å². The van der Waals surface area contributed by atoms with Gasteiger partial charge in [-0.1, -0.05) is 0 Å². The van der Waals surface area contributed by atoms with Crippen molar-refractivity contribution in [1.29, 1.82) is 0 Å². The molecular weight excluding hydrogens is 218 g/mol. The standard InChI is InChI=1S/C7H15N5O2S/c1-12-6-9-11-7(12)5-8-3-4-10-15(2,13)14/h6,8,10H,3-5H2,1-2H3. The molecule has 1 aromatic heterocycles. The number of sulfonamides is 1. The van der Waals surface area contributed by atoms with Crippen molar-refractivity contribution in [2.45, 2.75) is 6.54 Å². The molecule has 0 unspecified atom stereocenters. The van der Waals surface area contributed by atoms with E-state index in [-0.39, 0.29) is 0 Å². The van der Waals surface area contributed by atoms with E-state index >= 15 is 0 Å². The minimum atomic E-state index is -3.09. The molecule has 15 heavy (non-hydrogen) atoms. The Labute approximate surface area is 88.9 Å². The summed E-state index contributed by atoms with van der Waals surface area (Å²) >= 11 is 0. The van der Waals surface area contributed by atoms with Gasteiger partial charge in [-0.25, -0.2) is 13.1 Å². The van der Waals surface area contributed by atoms with Crippen molar-refractivity contribution in [3.05, 3.63) is 12.2 Å². The maximum Gasteiger partial charge on any atom is 0.208 e. The van der Waals surface area contributed by atoms with E-state index in [1.807, 2.05) is 7.05 Å². The lowest BCUT2D eigenvalue weighted by molar-refractivity contribution is 0.578. The Balaban J connectivity index is 2.15. The summed E-state index contributed by atoms with van der Waals surface area (Å²) in [5.74, 6) is 0.814. The average molecular weight is 233 g/mol. The number of hydrogen-bond acceptors (Lipinski definition) is 5. The lowest BCUT2D eigenvalue weighted by Gasteiger charge is -2.04. The second-order valence-electron chi connectivity index (χ2n) is 3.20. The van der Waals surface area contributed by atoms with Crippen LogP contribution in [0.4, 0.5) is 0 Å². The molecule has 7 nitrogen and oxygen atoms in total. The fourth-order valence-corrected chi connectivity index (χ4v) is 1.47. The Bertz CT molecular complexity index is 399. The first-order valence-corrected chi connectivity index (χ1v) is 6.36. The van der Waals surface area contributed by atoms with E-state index in [1.165, 1.54) is 0 Å². The van der Waals surface area contributed by atoms with Crippen LogP contribution in [0.3, 0.4) is 0 Å². The number of rotatable bonds is 6. The highest BCUT2D eigenvalue weighted by atomic mass is 32.2. The number of nitrogens with zero attached hydrogens (tertiary/aromatic N) is 3. The summed E-state index contributed by atoms with van der Waals surface area (Å²) in [6.07, 6.45) is 2.75. The number of aryl methyl sites for hydroxylation is 1. The van der Waals surface area contributed by atoms with Crippen LogP contribution in [0.5, 0.6) is 0 Å². The minimum absolute atomic E-state index is 0.372. The van der Waals surface area contributed by atoms with Gasteiger partial charge < -0.3 is 9.88 Å². The molecule has 0 saturated heterocycles. The monoisotopic (exact) mass is 233 g/mol. The molecule has 0 atom stereocenters. The molecule has 0 bridgehead atoms. The minimum Gasteiger partial charge on any atom is -0.320 e. The molecule has 0 aliphatic rings. The van der Waals surface area contributed by atoms with Gasteiger partial charge >= 0.3 is 0 Å². The summed E-state index contributed by atoms with van der Waals surface area (Å²) < 4.78 is 25.6. The van der Waals surface area contributed by atoms with Crippen molar-refractivity contribution < 1.29 is 8.42 Å². The molecule has 0 fully saturated rings. The smallest absolute Gasteiger partial charge is 0.208 e. The van der Waals surface area contributed by atoms with Crippen LogP contribution >= 0.6 is 0 Å². The molecule has 0 spiro atoms. The van der Waals surface area contributed by atoms with Gasteiger partial charge in [0.2, 0.25) is 10.0 Å². The van der Waals surface area contributed by atoms with Gasteiger partial charge in [0.1, 0.15) is 12.2 Å². The first-order valence-electron chi connectivity index (χ1n) is 4.47. The van der Waals surface area contributed by atoms with Gasteiger partial charge in [-0.05, 0) is 0 Å². The first kappa shape index (κ1) is 12.1. The third-order valence-corrected chi connectivity index (χ3v) is 2.48. The van der Waals surface area contributed by atoms with E-state index in [0.717, 1.165) is 12.1 Å². The van der Waals surface area contributed by atoms with Crippen LogP contribution in [0, 0.1) is 0 Å². The maximum absolute atomic E-state index is 10.7. The lowest BCUT2D eigenvalue weighted by Crippen LogP contribution is -2.31. The maximum atomic E-state index is 10.7. The van der Waals surface area contributed by atoms with Crippen molar-refractivity contribution in [1.82, 2.24) is 24.8 Å². The Morgan fingerprint density at radius 2 is 2.20 bits per heavy atom. The van der Waals surface area contributed by atoms with Crippen LogP contribution in [0.15, 0.2) is 6.33 Å². The summed E-state index contributed by atoms with van der Waals surface area (Å²) in [4.78, 5) is 0. The molecule has 0 aliphatic heterocycles. The summed E-state index contributed by atoms with van der Waals surface area (Å²) in [5.41, 5.74) is 0. The molecule has 0 aliphatic carbocycles. The second kappa shape index (κ2) is 5.19. The fraction of sp³-hybridized carbons (Fsp3) is 0.714. The second-order valence-corrected chi connectivity index (χ2v) is 5.03. The Kier molecular flexibility index (Phi) is 4.18. The number of nitrogens with one attached hydrogen (secondary N) is 2. The van der Waals surface area contributed by atoms with Crippen LogP contribution in [0.25, 0.3) is 0 Å². The average Bonchev–Trinajstić information content (AvgIpc) is 2.49. The lowest BCUT2D eigenvalue weighted by atomic mass is 10.5. The van der Waals surface area contributed by atoms with Crippen molar-refractivity contribution in [2.24, 2.45) is 7.05 Å². The van der Waals surface area contributed by atoms with E-state index < -0.39 is 10.0 Å². The van der Waals surface area contributed by atoms with Crippen molar-refractivity contribution in [3.8, 4) is 0 Å². The molecule has 86 valence electrons. The first-order chi connectivity index (χ1) is 6.99. The fourth-order valence-electron chi connectivity index (χ4n) is 0.992. The molecular formula is C7H15N5O2S. The molecule has 1 heterocycles. The molecule has 1 rings (SSSR count). The predicted octanol–water partition coefficient (Wildman–Crippen LogP) is -1.55.